The molecule has 2 aromatic heterocycles. The Balaban J connectivity index is 1.95. The molecule has 3 nitrogen and oxygen atoms in total. The molecule has 3 rings (SSSR count). The van der Waals surface area contributed by atoms with E-state index in [1.807, 2.05) is 29.6 Å². The van der Waals surface area contributed by atoms with Crippen molar-refractivity contribution in [3.63, 3.8) is 0 Å². The predicted molar refractivity (Wildman–Crippen MR) is 79.0 cm³/mol. The first-order valence-electron chi connectivity index (χ1n) is 5.64. The van der Waals surface area contributed by atoms with Crippen LogP contribution in [0.4, 0.5) is 5.69 Å². The highest BCUT2D eigenvalue weighted by Crippen LogP contribution is 2.27. The number of halogens is 1. The number of benzene rings is 1. The molecule has 0 aliphatic carbocycles. The molecular weight excluding hydrogens is 280 g/mol. The van der Waals surface area contributed by atoms with Crippen LogP contribution in [-0.2, 0) is 0 Å². The van der Waals surface area contributed by atoms with Gasteiger partial charge in [-0.15, -0.1) is 11.3 Å². The quantitative estimate of drug-likeness (QED) is 0.718. The Morgan fingerprint density at radius 3 is 2.89 bits per heavy atom. The van der Waals surface area contributed by atoms with Gasteiger partial charge in [-0.1, -0.05) is 29.8 Å². The molecule has 5 heteroatoms. The normalized spacial score (nSPS) is 10.6. The summed E-state index contributed by atoms with van der Waals surface area (Å²) in [6, 6.07) is 11.3. The fourth-order valence-electron chi connectivity index (χ4n) is 1.82. The van der Waals surface area contributed by atoms with Gasteiger partial charge in [-0.2, -0.15) is 0 Å². The monoisotopic (exact) mass is 288 g/mol. The molecule has 1 aromatic carbocycles. The first kappa shape index (κ1) is 12.1. The summed E-state index contributed by atoms with van der Waals surface area (Å²) in [6.07, 6.45) is 1.58. The summed E-state index contributed by atoms with van der Waals surface area (Å²) < 4.78 is 1.09. The van der Waals surface area contributed by atoms with Crippen molar-refractivity contribution in [3.05, 3.63) is 58.7 Å². The molecule has 0 fully saturated rings. The number of hydrogen-bond donors (Lipinski definition) is 1. The van der Waals surface area contributed by atoms with Gasteiger partial charge in [0.25, 0.3) is 5.91 Å². The summed E-state index contributed by atoms with van der Waals surface area (Å²) in [6.45, 7) is 0. The number of rotatable bonds is 2. The number of carbonyl (C=O) groups excluding carboxylic acids is 1. The van der Waals surface area contributed by atoms with E-state index >= 15 is 0 Å². The number of fused-ring (bicyclic) bond motifs is 1. The molecule has 0 bridgehead atoms. The zero-order chi connectivity index (χ0) is 13.2. The maximum atomic E-state index is 12.3. The number of thiophene rings is 1. The molecule has 0 aliphatic heterocycles. The lowest BCUT2D eigenvalue weighted by Crippen LogP contribution is -2.11. The second-order valence-electron chi connectivity index (χ2n) is 3.94. The molecule has 1 amide bonds. The van der Waals surface area contributed by atoms with Gasteiger partial charge in [0, 0.05) is 21.7 Å². The van der Waals surface area contributed by atoms with E-state index in [1.165, 1.54) is 0 Å². The number of anilines is 1. The molecule has 19 heavy (non-hydrogen) atoms. The number of nitrogens with one attached hydrogen (secondary N) is 1. The van der Waals surface area contributed by atoms with Crippen molar-refractivity contribution >= 4 is 44.6 Å². The topological polar surface area (TPSA) is 42.0 Å². The summed E-state index contributed by atoms with van der Waals surface area (Å²) in [4.78, 5) is 16.2. The fourth-order valence-corrected chi connectivity index (χ4v) is 2.93. The van der Waals surface area contributed by atoms with Gasteiger partial charge in [0.1, 0.15) is 0 Å². The number of carbonyl (C=O) groups is 1. The highest BCUT2D eigenvalue weighted by Gasteiger charge is 2.13. The van der Waals surface area contributed by atoms with E-state index in [4.69, 9.17) is 11.6 Å². The van der Waals surface area contributed by atoms with Crippen LogP contribution in [0.1, 0.15) is 10.4 Å². The van der Waals surface area contributed by atoms with E-state index in [0.717, 1.165) is 10.1 Å². The van der Waals surface area contributed by atoms with Crippen LogP contribution < -0.4 is 5.32 Å². The van der Waals surface area contributed by atoms with Gasteiger partial charge in [0.2, 0.25) is 0 Å². The van der Waals surface area contributed by atoms with Gasteiger partial charge >= 0.3 is 0 Å². The van der Waals surface area contributed by atoms with Crippen molar-refractivity contribution in [2.45, 2.75) is 0 Å². The van der Waals surface area contributed by atoms with Crippen molar-refractivity contribution in [2.75, 3.05) is 5.32 Å². The molecule has 0 atom stereocenters. The molecule has 1 N–H and O–H groups in total. The van der Waals surface area contributed by atoms with E-state index in [1.54, 1.807) is 29.7 Å². The smallest absolute Gasteiger partial charge is 0.257 e. The second kappa shape index (κ2) is 4.99. The zero-order valence-electron chi connectivity index (χ0n) is 9.76. The minimum absolute atomic E-state index is 0.174. The SMILES string of the molecule is O=C(Nc1cccnc1Cl)c1csc2ccccc12. The average Bonchev–Trinajstić information content (AvgIpc) is 2.85. The lowest BCUT2D eigenvalue weighted by molar-refractivity contribution is 0.102. The first-order valence-corrected chi connectivity index (χ1v) is 6.89. The Hall–Kier alpha value is -1.91. The van der Waals surface area contributed by atoms with Crippen molar-refractivity contribution < 1.29 is 4.79 Å². The predicted octanol–water partition coefficient (Wildman–Crippen LogP) is 4.20. The fraction of sp³-hybridized carbons (Fsp3) is 0. The van der Waals surface area contributed by atoms with Crippen molar-refractivity contribution in [1.82, 2.24) is 4.98 Å². The largest absolute Gasteiger partial charge is 0.319 e. The summed E-state index contributed by atoms with van der Waals surface area (Å²) >= 11 is 7.47. The number of aromatic nitrogens is 1. The lowest BCUT2D eigenvalue weighted by Gasteiger charge is -2.05. The van der Waals surface area contributed by atoms with Crippen LogP contribution in [0.25, 0.3) is 10.1 Å². The van der Waals surface area contributed by atoms with Crippen LogP contribution in [0, 0.1) is 0 Å². The number of pyridine rings is 1. The van der Waals surface area contributed by atoms with E-state index < -0.39 is 0 Å². The Morgan fingerprint density at radius 2 is 2.05 bits per heavy atom. The van der Waals surface area contributed by atoms with Gasteiger partial charge in [0.15, 0.2) is 5.15 Å². The molecule has 0 radical (unpaired) electrons. The summed E-state index contributed by atoms with van der Waals surface area (Å²) in [7, 11) is 0. The second-order valence-corrected chi connectivity index (χ2v) is 5.21. The minimum atomic E-state index is -0.174. The van der Waals surface area contributed by atoms with Crippen molar-refractivity contribution in [2.24, 2.45) is 0 Å². The van der Waals surface area contributed by atoms with E-state index in [2.05, 4.69) is 10.3 Å². The average molecular weight is 289 g/mol. The molecule has 94 valence electrons. The highest BCUT2D eigenvalue weighted by atomic mass is 35.5. The van der Waals surface area contributed by atoms with Gasteiger partial charge in [-0.25, -0.2) is 4.98 Å². The maximum Gasteiger partial charge on any atom is 0.257 e. The standard InChI is InChI=1S/C14H9ClN2OS/c15-13-11(5-3-7-16-13)17-14(18)10-8-19-12-6-2-1-4-9(10)12/h1-8H,(H,17,18). The third-order valence-corrected chi connectivity index (χ3v) is 4.00. The molecular formula is C14H9ClN2OS. The van der Waals surface area contributed by atoms with Gasteiger partial charge in [-0.3, -0.25) is 4.79 Å². The van der Waals surface area contributed by atoms with Crippen LogP contribution in [0.15, 0.2) is 48.0 Å². The summed E-state index contributed by atoms with van der Waals surface area (Å²) in [5.74, 6) is -0.174. The Labute approximate surface area is 118 Å². The van der Waals surface area contributed by atoms with Gasteiger partial charge in [-0.05, 0) is 18.2 Å². The summed E-state index contributed by atoms with van der Waals surface area (Å²) in [5.41, 5.74) is 1.17. The molecule has 0 unspecified atom stereocenters. The first-order chi connectivity index (χ1) is 9.25. The third kappa shape index (κ3) is 2.32. The number of amides is 1. The third-order valence-electron chi connectivity index (χ3n) is 2.73. The van der Waals surface area contributed by atoms with Crippen LogP contribution in [-0.4, -0.2) is 10.9 Å². The van der Waals surface area contributed by atoms with Crippen LogP contribution in [0.3, 0.4) is 0 Å². The Morgan fingerprint density at radius 1 is 1.21 bits per heavy atom. The molecule has 0 saturated carbocycles. The Kier molecular flexibility index (Phi) is 3.19. The van der Waals surface area contributed by atoms with E-state index in [0.29, 0.717) is 11.3 Å². The van der Waals surface area contributed by atoms with Crippen LogP contribution >= 0.6 is 22.9 Å². The van der Waals surface area contributed by atoms with Crippen molar-refractivity contribution in [3.8, 4) is 0 Å². The summed E-state index contributed by atoms with van der Waals surface area (Å²) in [5, 5.41) is 5.87. The van der Waals surface area contributed by atoms with Gasteiger partial charge < -0.3 is 5.32 Å². The lowest BCUT2D eigenvalue weighted by atomic mass is 10.1. The molecule has 0 saturated heterocycles. The Bertz CT molecular complexity index is 754. The molecule has 2 heterocycles. The molecule has 0 aliphatic rings. The van der Waals surface area contributed by atoms with Crippen molar-refractivity contribution in [1.29, 1.82) is 0 Å². The van der Waals surface area contributed by atoms with E-state index in [9.17, 15) is 4.79 Å². The van der Waals surface area contributed by atoms with E-state index in [-0.39, 0.29) is 11.1 Å². The molecule has 0 spiro atoms. The minimum Gasteiger partial charge on any atom is -0.319 e. The van der Waals surface area contributed by atoms with Crippen LogP contribution in [0.2, 0.25) is 5.15 Å². The zero-order valence-corrected chi connectivity index (χ0v) is 11.3. The number of hydrogen-bond acceptors (Lipinski definition) is 3. The number of nitrogens with zero attached hydrogens (tertiary/aromatic N) is 1. The maximum absolute atomic E-state index is 12.3. The van der Waals surface area contributed by atoms with Gasteiger partial charge in [0.05, 0.1) is 11.3 Å². The van der Waals surface area contributed by atoms with Crippen LogP contribution in [0.5, 0.6) is 0 Å². The molecule has 3 aromatic rings. The highest BCUT2D eigenvalue weighted by molar-refractivity contribution is 7.17.